The topological polar surface area (TPSA) is 58.9 Å². The highest BCUT2D eigenvalue weighted by Crippen LogP contribution is 2.30. The molecule has 0 spiro atoms. The summed E-state index contributed by atoms with van der Waals surface area (Å²) in [7, 11) is 3.16. The molecular weight excluding hydrogens is 256 g/mol. The number of hydrogen-bond acceptors (Lipinski definition) is 4. The van der Waals surface area contributed by atoms with Crippen molar-refractivity contribution in [3.8, 4) is 11.5 Å². The van der Waals surface area contributed by atoms with E-state index in [1.54, 1.807) is 62.8 Å². The minimum absolute atomic E-state index is 0.633. The standard InChI is InChI=1S/C16H18O4/c1-19-13-7-3-11(4-8-13)15(17)16(18)12-5-9-14(20-2)10-6-12/h3-10,15-18H,1-2H3. The van der Waals surface area contributed by atoms with Crippen LogP contribution in [0.25, 0.3) is 0 Å². The van der Waals surface area contributed by atoms with Crippen molar-refractivity contribution in [1.82, 2.24) is 0 Å². The van der Waals surface area contributed by atoms with Gasteiger partial charge in [0.25, 0.3) is 0 Å². The van der Waals surface area contributed by atoms with Gasteiger partial charge in [-0.3, -0.25) is 0 Å². The summed E-state index contributed by atoms with van der Waals surface area (Å²) in [5, 5.41) is 20.4. The SMILES string of the molecule is COc1ccc(C(O)C(O)c2ccc(OC)cc2)cc1. The van der Waals surface area contributed by atoms with E-state index in [0.717, 1.165) is 0 Å². The van der Waals surface area contributed by atoms with Crippen molar-refractivity contribution in [3.05, 3.63) is 59.7 Å². The van der Waals surface area contributed by atoms with Gasteiger partial charge in [0.1, 0.15) is 23.7 Å². The van der Waals surface area contributed by atoms with E-state index in [-0.39, 0.29) is 0 Å². The fraction of sp³-hybridized carbons (Fsp3) is 0.250. The van der Waals surface area contributed by atoms with E-state index in [9.17, 15) is 10.2 Å². The van der Waals surface area contributed by atoms with Crippen LogP contribution in [-0.4, -0.2) is 24.4 Å². The molecule has 2 aromatic rings. The highest BCUT2D eigenvalue weighted by atomic mass is 16.5. The van der Waals surface area contributed by atoms with Crippen molar-refractivity contribution in [3.63, 3.8) is 0 Å². The first-order valence-corrected chi connectivity index (χ1v) is 6.29. The molecule has 0 saturated carbocycles. The summed E-state index contributed by atoms with van der Waals surface area (Å²) in [5.41, 5.74) is 1.27. The number of hydrogen-bond donors (Lipinski definition) is 2. The molecule has 2 unspecified atom stereocenters. The number of ether oxygens (including phenoxy) is 2. The lowest BCUT2D eigenvalue weighted by Gasteiger charge is -2.19. The second kappa shape index (κ2) is 6.41. The van der Waals surface area contributed by atoms with Gasteiger partial charge in [0.05, 0.1) is 14.2 Å². The first-order chi connectivity index (χ1) is 9.65. The Morgan fingerprint density at radius 1 is 0.650 bits per heavy atom. The van der Waals surface area contributed by atoms with E-state index >= 15 is 0 Å². The van der Waals surface area contributed by atoms with Crippen LogP contribution in [0.3, 0.4) is 0 Å². The average molecular weight is 274 g/mol. The van der Waals surface area contributed by atoms with Gasteiger partial charge < -0.3 is 19.7 Å². The second-order valence-electron chi connectivity index (χ2n) is 4.44. The number of benzene rings is 2. The maximum absolute atomic E-state index is 10.2. The Balaban J connectivity index is 2.15. The molecule has 2 rings (SSSR count). The first-order valence-electron chi connectivity index (χ1n) is 6.29. The third-order valence-electron chi connectivity index (χ3n) is 3.21. The molecule has 0 heterocycles. The Morgan fingerprint density at radius 2 is 0.950 bits per heavy atom. The maximum atomic E-state index is 10.2. The van der Waals surface area contributed by atoms with E-state index in [2.05, 4.69) is 0 Å². The summed E-state index contributed by atoms with van der Waals surface area (Å²) in [6, 6.07) is 13.9. The molecule has 106 valence electrons. The van der Waals surface area contributed by atoms with Crippen molar-refractivity contribution in [2.45, 2.75) is 12.2 Å². The van der Waals surface area contributed by atoms with Crippen LogP contribution in [0.2, 0.25) is 0 Å². The van der Waals surface area contributed by atoms with Gasteiger partial charge in [-0.2, -0.15) is 0 Å². The van der Waals surface area contributed by atoms with Gasteiger partial charge in [0.15, 0.2) is 0 Å². The predicted octanol–water partition coefficient (Wildman–Crippen LogP) is 2.47. The average Bonchev–Trinajstić information content (AvgIpc) is 2.53. The number of aliphatic hydroxyl groups excluding tert-OH is 2. The third kappa shape index (κ3) is 3.10. The number of rotatable bonds is 5. The largest absolute Gasteiger partial charge is 0.497 e. The summed E-state index contributed by atoms with van der Waals surface area (Å²) >= 11 is 0. The molecule has 2 aromatic carbocycles. The van der Waals surface area contributed by atoms with E-state index < -0.39 is 12.2 Å². The lowest BCUT2D eigenvalue weighted by Crippen LogP contribution is -2.10. The van der Waals surface area contributed by atoms with Gasteiger partial charge >= 0.3 is 0 Å². The van der Waals surface area contributed by atoms with Gasteiger partial charge in [0.2, 0.25) is 0 Å². The Bertz CT molecular complexity index is 482. The maximum Gasteiger partial charge on any atom is 0.118 e. The minimum atomic E-state index is -0.991. The fourth-order valence-electron chi connectivity index (χ4n) is 1.97. The lowest BCUT2D eigenvalue weighted by molar-refractivity contribution is 0.0172. The van der Waals surface area contributed by atoms with Gasteiger partial charge in [-0.15, -0.1) is 0 Å². The molecular formula is C16H18O4. The van der Waals surface area contributed by atoms with Crippen LogP contribution in [-0.2, 0) is 0 Å². The third-order valence-corrected chi connectivity index (χ3v) is 3.21. The first kappa shape index (κ1) is 14.4. The van der Waals surface area contributed by atoms with Crippen molar-refractivity contribution >= 4 is 0 Å². The summed E-state index contributed by atoms with van der Waals surface area (Å²) in [4.78, 5) is 0. The van der Waals surface area contributed by atoms with Crippen LogP contribution in [0.1, 0.15) is 23.3 Å². The van der Waals surface area contributed by atoms with Gasteiger partial charge in [-0.25, -0.2) is 0 Å². The molecule has 2 atom stereocenters. The summed E-state index contributed by atoms with van der Waals surface area (Å²) in [6.45, 7) is 0. The molecule has 20 heavy (non-hydrogen) atoms. The number of aliphatic hydroxyl groups is 2. The van der Waals surface area contributed by atoms with E-state index in [4.69, 9.17) is 9.47 Å². The van der Waals surface area contributed by atoms with Crippen molar-refractivity contribution in [2.75, 3.05) is 14.2 Å². The van der Waals surface area contributed by atoms with Crippen LogP contribution in [0.5, 0.6) is 11.5 Å². The van der Waals surface area contributed by atoms with Crippen LogP contribution >= 0.6 is 0 Å². The smallest absolute Gasteiger partial charge is 0.118 e. The van der Waals surface area contributed by atoms with Crippen LogP contribution < -0.4 is 9.47 Å². The van der Waals surface area contributed by atoms with Crippen LogP contribution in [0.15, 0.2) is 48.5 Å². The van der Waals surface area contributed by atoms with Crippen molar-refractivity contribution < 1.29 is 19.7 Å². The van der Waals surface area contributed by atoms with E-state index in [1.165, 1.54) is 0 Å². The number of methoxy groups -OCH3 is 2. The zero-order valence-corrected chi connectivity index (χ0v) is 11.5. The highest BCUT2D eigenvalue weighted by molar-refractivity contribution is 5.32. The van der Waals surface area contributed by atoms with Crippen LogP contribution in [0, 0.1) is 0 Å². The molecule has 0 aliphatic heterocycles. The van der Waals surface area contributed by atoms with Gasteiger partial charge in [-0.1, -0.05) is 24.3 Å². The zero-order chi connectivity index (χ0) is 14.5. The molecule has 4 nitrogen and oxygen atoms in total. The zero-order valence-electron chi connectivity index (χ0n) is 11.5. The van der Waals surface area contributed by atoms with Crippen molar-refractivity contribution in [2.24, 2.45) is 0 Å². The minimum Gasteiger partial charge on any atom is -0.497 e. The summed E-state index contributed by atoms with van der Waals surface area (Å²) in [6.07, 6.45) is -1.98. The predicted molar refractivity (Wildman–Crippen MR) is 75.9 cm³/mol. The Hall–Kier alpha value is -2.04. The molecule has 0 saturated heterocycles. The molecule has 0 bridgehead atoms. The fourth-order valence-corrected chi connectivity index (χ4v) is 1.97. The van der Waals surface area contributed by atoms with E-state index in [1.807, 2.05) is 0 Å². The molecule has 0 radical (unpaired) electrons. The highest BCUT2D eigenvalue weighted by Gasteiger charge is 2.20. The summed E-state index contributed by atoms with van der Waals surface area (Å²) in [5.74, 6) is 1.42. The molecule has 0 aliphatic carbocycles. The lowest BCUT2D eigenvalue weighted by atomic mass is 9.98. The Kier molecular flexibility index (Phi) is 4.61. The quantitative estimate of drug-likeness (QED) is 0.879. The Labute approximate surface area is 118 Å². The van der Waals surface area contributed by atoms with Gasteiger partial charge in [0, 0.05) is 0 Å². The summed E-state index contributed by atoms with van der Waals surface area (Å²) < 4.78 is 10.1. The molecule has 0 aromatic heterocycles. The Morgan fingerprint density at radius 3 is 1.20 bits per heavy atom. The molecule has 2 N–H and O–H groups in total. The van der Waals surface area contributed by atoms with Gasteiger partial charge in [-0.05, 0) is 35.4 Å². The van der Waals surface area contributed by atoms with Crippen molar-refractivity contribution in [1.29, 1.82) is 0 Å². The van der Waals surface area contributed by atoms with E-state index in [0.29, 0.717) is 22.6 Å². The molecule has 0 amide bonds. The monoisotopic (exact) mass is 274 g/mol. The molecule has 0 fully saturated rings. The second-order valence-corrected chi connectivity index (χ2v) is 4.44. The molecule has 0 aliphatic rings. The van der Waals surface area contributed by atoms with Crippen LogP contribution in [0.4, 0.5) is 0 Å². The normalized spacial score (nSPS) is 13.6. The molecule has 4 heteroatoms.